The van der Waals surface area contributed by atoms with E-state index < -0.39 is 0 Å². The number of ether oxygens (including phenoxy) is 2. The van der Waals surface area contributed by atoms with Gasteiger partial charge in [-0.25, -0.2) is 0 Å². The van der Waals surface area contributed by atoms with E-state index in [1.54, 1.807) is 0 Å². The third-order valence-electron chi connectivity index (χ3n) is 2.86. The molecule has 0 aliphatic heterocycles. The smallest absolute Gasteiger partial charge is 0.124 e. The van der Waals surface area contributed by atoms with Crippen LogP contribution >= 0.6 is 11.6 Å². The zero-order valence-corrected chi connectivity index (χ0v) is 12.9. The molecule has 1 aromatic carbocycles. The van der Waals surface area contributed by atoms with Crippen LogP contribution in [0, 0.1) is 0 Å². The van der Waals surface area contributed by atoms with Gasteiger partial charge in [0.05, 0.1) is 19.8 Å². The van der Waals surface area contributed by atoms with Crippen molar-refractivity contribution in [1.29, 1.82) is 0 Å². The third kappa shape index (κ3) is 6.09. The van der Waals surface area contributed by atoms with Gasteiger partial charge in [0.1, 0.15) is 12.4 Å². The van der Waals surface area contributed by atoms with Crippen molar-refractivity contribution in [3.63, 3.8) is 0 Å². The number of rotatable bonds is 10. The minimum Gasteiger partial charge on any atom is -0.491 e. The first-order valence-electron chi connectivity index (χ1n) is 7.03. The second-order valence-electron chi connectivity index (χ2n) is 4.54. The molecule has 1 unspecified atom stereocenters. The molecular formula is C15H24ClNO3. The molecule has 20 heavy (non-hydrogen) atoms. The molecule has 0 heterocycles. The number of aliphatic hydroxyl groups excluding tert-OH is 1. The first kappa shape index (κ1) is 17.2. The molecule has 2 N–H and O–H groups in total. The highest BCUT2D eigenvalue weighted by atomic mass is 35.5. The molecule has 1 aromatic rings. The van der Waals surface area contributed by atoms with Crippen LogP contribution in [0.4, 0.5) is 0 Å². The van der Waals surface area contributed by atoms with Crippen molar-refractivity contribution < 1.29 is 14.6 Å². The van der Waals surface area contributed by atoms with Gasteiger partial charge in [0.15, 0.2) is 0 Å². The van der Waals surface area contributed by atoms with Gasteiger partial charge in [0.2, 0.25) is 0 Å². The lowest BCUT2D eigenvalue weighted by Gasteiger charge is -2.18. The Morgan fingerprint density at radius 2 is 2.10 bits per heavy atom. The quantitative estimate of drug-likeness (QED) is 0.653. The van der Waals surface area contributed by atoms with E-state index in [0.29, 0.717) is 24.8 Å². The van der Waals surface area contributed by atoms with Gasteiger partial charge < -0.3 is 19.9 Å². The molecule has 1 rings (SSSR count). The fourth-order valence-electron chi connectivity index (χ4n) is 1.84. The number of hydrogen-bond donors (Lipinski definition) is 2. The van der Waals surface area contributed by atoms with Gasteiger partial charge >= 0.3 is 0 Å². The van der Waals surface area contributed by atoms with E-state index in [9.17, 15) is 0 Å². The Hall–Kier alpha value is -0.810. The molecule has 1 atom stereocenters. The zero-order valence-electron chi connectivity index (χ0n) is 12.2. The highest BCUT2D eigenvalue weighted by Crippen LogP contribution is 2.28. The molecule has 0 saturated carbocycles. The van der Waals surface area contributed by atoms with E-state index in [0.717, 1.165) is 24.3 Å². The molecule has 0 aromatic heterocycles. The molecular weight excluding hydrogens is 278 g/mol. The molecule has 0 saturated heterocycles. The number of nitrogens with one attached hydrogen (secondary N) is 1. The Morgan fingerprint density at radius 3 is 2.80 bits per heavy atom. The lowest BCUT2D eigenvalue weighted by atomic mass is 10.1. The topological polar surface area (TPSA) is 50.7 Å². The maximum Gasteiger partial charge on any atom is 0.124 e. The Labute approximate surface area is 126 Å². The minimum atomic E-state index is 0.0319. The van der Waals surface area contributed by atoms with E-state index in [-0.39, 0.29) is 12.6 Å². The molecule has 0 aliphatic carbocycles. The van der Waals surface area contributed by atoms with E-state index in [2.05, 4.69) is 19.2 Å². The van der Waals surface area contributed by atoms with E-state index >= 15 is 0 Å². The number of hydrogen-bond acceptors (Lipinski definition) is 4. The summed E-state index contributed by atoms with van der Waals surface area (Å²) < 4.78 is 10.9. The predicted octanol–water partition coefficient (Wildman–Crippen LogP) is 2.79. The van der Waals surface area contributed by atoms with Gasteiger partial charge in [0.25, 0.3) is 0 Å². The summed E-state index contributed by atoms with van der Waals surface area (Å²) in [7, 11) is 0. The second-order valence-corrected chi connectivity index (χ2v) is 4.98. The minimum absolute atomic E-state index is 0.0319. The monoisotopic (exact) mass is 301 g/mol. The average molecular weight is 302 g/mol. The third-order valence-corrected chi connectivity index (χ3v) is 3.09. The van der Waals surface area contributed by atoms with Crippen LogP contribution in [0.2, 0.25) is 5.02 Å². The summed E-state index contributed by atoms with van der Waals surface area (Å²) in [6.07, 6.45) is 1.08. The maximum atomic E-state index is 8.62. The molecule has 4 nitrogen and oxygen atoms in total. The van der Waals surface area contributed by atoms with Crippen molar-refractivity contribution in [3.8, 4) is 5.75 Å². The van der Waals surface area contributed by atoms with Crippen molar-refractivity contribution in [2.75, 3.05) is 33.0 Å². The van der Waals surface area contributed by atoms with Crippen LogP contribution in [0.15, 0.2) is 18.2 Å². The standard InChI is InChI=1S/C15H24ClNO3/c1-3-6-17-12(2)14-11-13(16)4-5-15(14)20-10-9-19-8-7-18/h4-5,11-12,17-18H,3,6-10H2,1-2H3. The Morgan fingerprint density at radius 1 is 1.30 bits per heavy atom. The van der Waals surface area contributed by atoms with Crippen molar-refractivity contribution in [2.24, 2.45) is 0 Å². The SMILES string of the molecule is CCCNC(C)c1cc(Cl)ccc1OCCOCCO. The summed E-state index contributed by atoms with van der Waals surface area (Å²) >= 11 is 6.06. The summed E-state index contributed by atoms with van der Waals surface area (Å²) in [6, 6.07) is 5.82. The van der Waals surface area contributed by atoms with Crippen LogP contribution < -0.4 is 10.1 Å². The molecule has 0 bridgehead atoms. The second kappa shape index (κ2) is 10.00. The maximum absolute atomic E-state index is 8.62. The molecule has 114 valence electrons. The van der Waals surface area contributed by atoms with Crippen LogP contribution in [0.1, 0.15) is 31.9 Å². The molecule has 0 aliphatic rings. The molecule has 0 amide bonds. The van der Waals surface area contributed by atoms with Crippen LogP contribution in [-0.4, -0.2) is 38.1 Å². The lowest BCUT2D eigenvalue weighted by molar-refractivity contribution is 0.0702. The summed E-state index contributed by atoms with van der Waals surface area (Å²) in [5, 5.41) is 12.8. The summed E-state index contributed by atoms with van der Waals surface area (Å²) in [5.41, 5.74) is 1.05. The zero-order chi connectivity index (χ0) is 14.8. The normalized spacial score (nSPS) is 12.4. The van der Waals surface area contributed by atoms with Crippen molar-refractivity contribution in [3.05, 3.63) is 28.8 Å². The highest BCUT2D eigenvalue weighted by molar-refractivity contribution is 6.30. The van der Waals surface area contributed by atoms with Crippen LogP contribution in [0.25, 0.3) is 0 Å². The van der Waals surface area contributed by atoms with E-state index in [1.165, 1.54) is 0 Å². The fraction of sp³-hybridized carbons (Fsp3) is 0.600. The van der Waals surface area contributed by atoms with Crippen molar-refractivity contribution in [1.82, 2.24) is 5.32 Å². The van der Waals surface area contributed by atoms with Crippen molar-refractivity contribution in [2.45, 2.75) is 26.3 Å². The van der Waals surface area contributed by atoms with Gasteiger partial charge in [-0.05, 0) is 38.1 Å². The summed E-state index contributed by atoms with van der Waals surface area (Å²) in [4.78, 5) is 0. The number of aliphatic hydroxyl groups is 1. The molecule has 0 spiro atoms. The predicted molar refractivity (Wildman–Crippen MR) is 81.6 cm³/mol. The average Bonchev–Trinajstić information content (AvgIpc) is 2.45. The van der Waals surface area contributed by atoms with Gasteiger partial charge in [0, 0.05) is 16.6 Å². The first-order chi connectivity index (χ1) is 9.69. The Kier molecular flexibility index (Phi) is 8.62. The first-order valence-corrected chi connectivity index (χ1v) is 7.41. The van der Waals surface area contributed by atoms with Crippen LogP contribution in [0.5, 0.6) is 5.75 Å². The molecule has 0 fully saturated rings. The lowest BCUT2D eigenvalue weighted by Crippen LogP contribution is -2.20. The van der Waals surface area contributed by atoms with E-state index in [1.807, 2.05) is 18.2 Å². The molecule has 0 radical (unpaired) electrons. The number of benzene rings is 1. The van der Waals surface area contributed by atoms with Gasteiger partial charge in [-0.3, -0.25) is 0 Å². The van der Waals surface area contributed by atoms with E-state index in [4.69, 9.17) is 26.2 Å². The Bertz CT molecular complexity index is 387. The van der Waals surface area contributed by atoms with Crippen LogP contribution in [-0.2, 0) is 4.74 Å². The Balaban J connectivity index is 2.59. The highest BCUT2D eigenvalue weighted by Gasteiger charge is 2.11. The van der Waals surface area contributed by atoms with Gasteiger partial charge in [-0.2, -0.15) is 0 Å². The fourth-order valence-corrected chi connectivity index (χ4v) is 2.02. The van der Waals surface area contributed by atoms with Crippen molar-refractivity contribution >= 4 is 11.6 Å². The van der Waals surface area contributed by atoms with Gasteiger partial charge in [-0.1, -0.05) is 18.5 Å². The summed E-state index contributed by atoms with van der Waals surface area (Å²) in [6.45, 7) is 6.46. The van der Waals surface area contributed by atoms with Gasteiger partial charge in [-0.15, -0.1) is 0 Å². The largest absolute Gasteiger partial charge is 0.491 e. The van der Waals surface area contributed by atoms with Crippen LogP contribution in [0.3, 0.4) is 0 Å². The number of halogens is 1. The molecule has 5 heteroatoms. The summed E-state index contributed by atoms with van der Waals surface area (Å²) in [5.74, 6) is 0.818.